The third-order valence-corrected chi connectivity index (χ3v) is 3.82. The van der Waals surface area contributed by atoms with Crippen LogP contribution >= 0.6 is 0 Å². The van der Waals surface area contributed by atoms with E-state index in [4.69, 9.17) is 0 Å². The molecule has 1 fully saturated rings. The van der Waals surface area contributed by atoms with Gasteiger partial charge in [0.25, 0.3) is 0 Å². The number of anilines is 1. The third-order valence-electron chi connectivity index (χ3n) is 3.82. The summed E-state index contributed by atoms with van der Waals surface area (Å²) in [6.07, 6.45) is 3.26. The first kappa shape index (κ1) is 14.3. The Labute approximate surface area is 117 Å². The normalized spacial score (nSPS) is 22.4. The largest absolute Gasteiger partial charge is 0.359 e. The van der Waals surface area contributed by atoms with Crippen LogP contribution in [0, 0.1) is 11.8 Å². The molecule has 2 rings (SSSR count). The van der Waals surface area contributed by atoms with Crippen molar-refractivity contribution < 1.29 is 0 Å². The zero-order valence-electron chi connectivity index (χ0n) is 12.9. The molecule has 0 spiro atoms. The highest BCUT2D eigenvalue weighted by Gasteiger charge is 2.33. The highest BCUT2D eigenvalue weighted by molar-refractivity contribution is 5.46. The quantitative estimate of drug-likeness (QED) is 0.883. The maximum atomic E-state index is 4.57. The molecule has 106 valence electrons. The van der Waals surface area contributed by atoms with E-state index in [9.17, 15) is 0 Å². The lowest BCUT2D eigenvalue weighted by Crippen LogP contribution is -2.35. The molecule has 0 saturated heterocycles. The summed E-state index contributed by atoms with van der Waals surface area (Å²) in [6.45, 7) is 10.9. The molecule has 1 aliphatic carbocycles. The molecule has 1 saturated carbocycles. The number of hydrogen-bond acceptors (Lipinski definition) is 3. The maximum Gasteiger partial charge on any atom is 0.132 e. The van der Waals surface area contributed by atoms with E-state index in [1.54, 1.807) is 0 Å². The molecule has 2 unspecified atom stereocenters. The molecule has 1 aromatic heterocycles. The first-order chi connectivity index (χ1) is 8.87. The van der Waals surface area contributed by atoms with E-state index in [0.29, 0.717) is 0 Å². The van der Waals surface area contributed by atoms with Crippen molar-refractivity contribution in [3.63, 3.8) is 0 Å². The second kappa shape index (κ2) is 5.49. The molecule has 1 aliphatic rings. The number of nitrogens with one attached hydrogen (secondary N) is 1. The van der Waals surface area contributed by atoms with E-state index in [1.165, 1.54) is 12.0 Å². The monoisotopic (exact) mass is 261 g/mol. The molecule has 3 nitrogen and oxygen atoms in total. The Kier molecular flexibility index (Phi) is 4.14. The number of hydrogen-bond donors (Lipinski definition) is 1. The van der Waals surface area contributed by atoms with Gasteiger partial charge in [-0.2, -0.15) is 0 Å². The lowest BCUT2D eigenvalue weighted by molar-refractivity contribution is 0.424. The molecule has 3 heteroatoms. The van der Waals surface area contributed by atoms with Gasteiger partial charge in [-0.3, -0.25) is 0 Å². The second-order valence-corrected chi connectivity index (χ2v) is 6.94. The van der Waals surface area contributed by atoms with E-state index in [1.807, 2.05) is 12.3 Å². The van der Waals surface area contributed by atoms with E-state index < -0.39 is 0 Å². The Morgan fingerprint density at radius 3 is 2.68 bits per heavy atom. The van der Waals surface area contributed by atoms with Crippen LogP contribution in [0.3, 0.4) is 0 Å². The van der Waals surface area contributed by atoms with Gasteiger partial charge < -0.3 is 10.2 Å². The van der Waals surface area contributed by atoms with Gasteiger partial charge in [-0.15, -0.1) is 0 Å². The van der Waals surface area contributed by atoms with Gasteiger partial charge in [0.2, 0.25) is 0 Å². The van der Waals surface area contributed by atoms with Crippen LogP contribution in [0.5, 0.6) is 0 Å². The van der Waals surface area contributed by atoms with Gasteiger partial charge >= 0.3 is 0 Å². The highest BCUT2D eigenvalue weighted by atomic mass is 15.2. The fourth-order valence-electron chi connectivity index (χ4n) is 2.36. The summed E-state index contributed by atoms with van der Waals surface area (Å²) in [5.74, 6) is 2.87. The Morgan fingerprint density at radius 2 is 2.11 bits per heavy atom. The lowest BCUT2D eigenvalue weighted by atomic mass is 10.1. The fraction of sp³-hybridized carbons (Fsp3) is 0.688. The van der Waals surface area contributed by atoms with E-state index in [2.05, 4.69) is 56.0 Å². The van der Waals surface area contributed by atoms with Gasteiger partial charge in [0.05, 0.1) is 0 Å². The Balaban J connectivity index is 2.02. The van der Waals surface area contributed by atoms with Crippen molar-refractivity contribution in [2.24, 2.45) is 11.8 Å². The van der Waals surface area contributed by atoms with Gasteiger partial charge in [-0.25, -0.2) is 4.98 Å². The van der Waals surface area contributed by atoms with Gasteiger partial charge in [-0.05, 0) is 45.1 Å². The molecule has 0 bridgehead atoms. The van der Waals surface area contributed by atoms with Crippen LogP contribution < -0.4 is 10.2 Å². The summed E-state index contributed by atoms with van der Waals surface area (Å²) in [7, 11) is 2.16. The van der Waals surface area contributed by atoms with E-state index >= 15 is 0 Å². The minimum atomic E-state index is 0.136. The molecular weight excluding hydrogens is 234 g/mol. The van der Waals surface area contributed by atoms with Crippen LogP contribution in [0.2, 0.25) is 0 Å². The van der Waals surface area contributed by atoms with E-state index in [-0.39, 0.29) is 5.54 Å². The van der Waals surface area contributed by atoms with Crippen LogP contribution in [-0.4, -0.2) is 24.1 Å². The summed E-state index contributed by atoms with van der Waals surface area (Å²) in [5.41, 5.74) is 1.42. The molecule has 1 aromatic rings. The molecule has 19 heavy (non-hydrogen) atoms. The van der Waals surface area contributed by atoms with Crippen LogP contribution in [0.15, 0.2) is 18.3 Å². The highest BCUT2D eigenvalue weighted by Crippen LogP contribution is 2.38. The van der Waals surface area contributed by atoms with Crippen molar-refractivity contribution in [2.75, 3.05) is 18.5 Å². The number of pyridine rings is 1. The molecule has 1 heterocycles. The summed E-state index contributed by atoms with van der Waals surface area (Å²) < 4.78 is 0. The zero-order valence-corrected chi connectivity index (χ0v) is 12.9. The molecule has 0 aliphatic heterocycles. The van der Waals surface area contributed by atoms with Gasteiger partial charge in [-0.1, -0.05) is 13.0 Å². The lowest BCUT2D eigenvalue weighted by Gasteiger charge is -2.24. The van der Waals surface area contributed by atoms with Crippen molar-refractivity contribution >= 4 is 5.82 Å². The van der Waals surface area contributed by atoms with Crippen LogP contribution in [0.4, 0.5) is 5.82 Å². The molecule has 0 radical (unpaired) electrons. The van der Waals surface area contributed by atoms with Crippen LogP contribution in [0.25, 0.3) is 0 Å². The van der Waals surface area contributed by atoms with E-state index in [0.717, 1.165) is 30.7 Å². The second-order valence-electron chi connectivity index (χ2n) is 6.94. The van der Waals surface area contributed by atoms with Gasteiger partial charge in [0, 0.05) is 37.4 Å². The Bertz CT molecular complexity index is 422. The van der Waals surface area contributed by atoms with Gasteiger partial charge in [0.15, 0.2) is 0 Å². The summed E-state index contributed by atoms with van der Waals surface area (Å²) >= 11 is 0. The number of nitrogens with zero attached hydrogens (tertiary/aromatic N) is 2. The predicted molar refractivity (Wildman–Crippen MR) is 81.4 cm³/mol. The molecule has 0 amide bonds. The smallest absolute Gasteiger partial charge is 0.132 e. The topological polar surface area (TPSA) is 28.2 Å². The molecule has 1 N–H and O–H groups in total. The zero-order chi connectivity index (χ0) is 14.0. The van der Waals surface area contributed by atoms with Crippen molar-refractivity contribution in [3.05, 3.63) is 23.9 Å². The fourth-order valence-corrected chi connectivity index (χ4v) is 2.36. The third kappa shape index (κ3) is 4.20. The van der Waals surface area contributed by atoms with Crippen molar-refractivity contribution in [1.29, 1.82) is 0 Å². The van der Waals surface area contributed by atoms with Crippen LogP contribution in [-0.2, 0) is 6.54 Å². The molecule has 0 aromatic carbocycles. The van der Waals surface area contributed by atoms with Crippen molar-refractivity contribution in [2.45, 2.75) is 46.2 Å². The minimum absolute atomic E-state index is 0.136. The number of rotatable bonds is 5. The Hall–Kier alpha value is -1.09. The summed E-state index contributed by atoms with van der Waals surface area (Å²) in [5, 5.41) is 3.54. The maximum absolute atomic E-state index is 4.57. The van der Waals surface area contributed by atoms with Gasteiger partial charge in [0.1, 0.15) is 5.82 Å². The molecule has 2 atom stereocenters. The Morgan fingerprint density at radius 1 is 1.42 bits per heavy atom. The number of aromatic nitrogens is 1. The summed E-state index contributed by atoms with van der Waals surface area (Å²) in [6, 6.07) is 4.20. The minimum Gasteiger partial charge on any atom is -0.359 e. The SMILES string of the molecule is CC1CC1CN(C)c1ncccc1CNC(C)(C)C. The average molecular weight is 261 g/mol. The van der Waals surface area contributed by atoms with Crippen LogP contribution in [0.1, 0.15) is 39.7 Å². The van der Waals surface area contributed by atoms with Crippen molar-refractivity contribution in [3.8, 4) is 0 Å². The first-order valence-electron chi connectivity index (χ1n) is 7.27. The first-order valence-corrected chi connectivity index (χ1v) is 7.27. The average Bonchev–Trinajstić information content (AvgIpc) is 3.01. The predicted octanol–water partition coefficient (Wildman–Crippen LogP) is 3.06. The summed E-state index contributed by atoms with van der Waals surface area (Å²) in [4.78, 5) is 6.88. The standard InChI is InChI=1S/C16H27N3/c1-12-9-14(12)11-19(5)15-13(7-6-8-17-15)10-18-16(2,3)4/h6-8,12,14,18H,9-11H2,1-5H3. The van der Waals surface area contributed by atoms with Crippen molar-refractivity contribution in [1.82, 2.24) is 10.3 Å². The molecular formula is C16H27N3.